The molecule has 0 aliphatic carbocycles. The minimum absolute atomic E-state index is 0.0249. The van der Waals surface area contributed by atoms with E-state index in [0.29, 0.717) is 24.7 Å². The van der Waals surface area contributed by atoms with Gasteiger partial charge in [0.25, 0.3) is 0 Å². The van der Waals surface area contributed by atoms with Crippen LogP contribution in [0.4, 0.5) is 5.82 Å². The van der Waals surface area contributed by atoms with E-state index in [9.17, 15) is 4.79 Å². The van der Waals surface area contributed by atoms with Gasteiger partial charge < -0.3 is 15.2 Å². The van der Waals surface area contributed by atoms with E-state index in [1.807, 2.05) is 13.8 Å². The third-order valence-corrected chi connectivity index (χ3v) is 2.44. The summed E-state index contributed by atoms with van der Waals surface area (Å²) < 4.78 is 6.91. The topological polar surface area (TPSA) is 76.4 Å². The Morgan fingerprint density at radius 3 is 2.82 bits per heavy atom. The van der Waals surface area contributed by atoms with Crippen LogP contribution in [0.5, 0.6) is 0 Å². The molecular weight excluding hydrogens is 222 g/mol. The number of aryl methyl sites for hydroxylation is 2. The number of hydrogen-bond donors (Lipinski definition) is 2. The lowest BCUT2D eigenvalue weighted by Crippen LogP contribution is -2.22. The van der Waals surface area contributed by atoms with Crippen molar-refractivity contribution in [1.82, 2.24) is 9.78 Å². The quantitative estimate of drug-likeness (QED) is 0.784. The molecule has 96 valence electrons. The van der Waals surface area contributed by atoms with Crippen LogP contribution in [0.3, 0.4) is 0 Å². The third-order valence-electron chi connectivity index (χ3n) is 2.44. The normalized spacial score (nSPS) is 12.5. The lowest BCUT2D eigenvalue weighted by atomic mass is 10.2. The highest BCUT2D eigenvalue weighted by molar-refractivity contribution is 5.94. The number of aromatic carboxylic acids is 1. The van der Waals surface area contributed by atoms with Gasteiger partial charge in [0, 0.05) is 20.2 Å². The standard InChI is InChI=1S/C11H19N3O3/c1-5-17-7(2)6-12-10-9(11(15)16)8(3)13-14(10)4/h7,12H,5-6H2,1-4H3,(H,15,16). The molecule has 0 saturated heterocycles. The molecule has 0 amide bonds. The first-order valence-electron chi connectivity index (χ1n) is 5.59. The maximum absolute atomic E-state index is 11.1. The highest BCUT2D eigenvalue weighted by atomic mass is 16.5. The summed E-state index contributed by atoms with van der Waals surface area (Å²) in [7, 11) is 1.72. The molecule has 2 N–H and O–H groups in total. The molecule has 0 aliphatic rings. The van der Waals surface area contributed by atoms with Crippen molar-refractivity contribution in [2.75, 3.05) is 18.5 Å². The Bertz CT molecular complexity index is 401. The second-order valence-electron chi connectivity index (χ2n) is 3.88. The van der Waals surface area contributed by atoms with Crippen molar-refractivity contribution < 1.29 is 14.6 Å². The van der Waals surface area contributed by atoms with E-state index >= 15 is 0 Å². The Balaban J connectivity index is 2.80. The van der Waals surface area contributed by atoms with Crippen LogP contribution in [0.2, 0.25) is 0 Å². The van der Waals surface area contributed by atoms with E-state index < -0.39 is 5.97 Å². The zero-order chi connectivity index (χ0) is 13.0. The van der Waals surface area contributed by atoms with Crippen LogP contribution < -0.4 is 5.32 Å². The second-order valence-corrected chi connectivity index (χ2v) is 3.88. The molecule has 0 bridgehead atoms. The number of hydrogen-bond acceptors (Lipinski definition) is 4. The fourth-order valence-corrected chi connectivity index (χ4v) is 1.70. The van der Waals surface area contributed by atoms with Crippen molar-refractivity contribution in [3.8, 4) is 0 Å². The van der Waals surface area contributed by atoms with Gasteiger partial charge in [-0.1, -0.05) is 0 Å². The lowest BCUT2D eigenvalue weighted by molar-refractivity contribution is 0.0695. The SMILES string of the molecule is CCOC(C)CNc1c(C(=O)O)c(C)nn1C. The van der Waals surface area contributed by atoms with Gasteiger partial charge >= 0.3 is 5.97 Å². The van der Waals surface area contributed by atoms with Crippen LogP contribution >= 0.6 is 0 Å². The van der Waals surface area contributed by atoms with Crippen LogP contribution in [-0.4, -0.2) is 40.1 Å². The van der Waals surface area contributed by atoms with Crippen molar-refractivity contribution in [3.05, 3.63) is 11.3 Å². The van der Waals surface area contributed by atoms with Gasteiger partial charge in [0.1, 0.15) is 11.4 Å². The van der Waals surface area contributed by atoms with Crippen LogP contribution in [-0.2, 0) is 11.8 Å². The largest absolute Gasteiger partial charge is 0.477 e. The highest BCUT2D eigenvalue weighted by Gasteiger charge is 2.19. The number of nitrogens with one attached hydrogen (secondary N) is 1. The zero-order valence-electron chi connectivity index (χ0n) is 10.6. The summed E-state index contributed by atoms with van der Waals surface area (Å²) in [5.41, 5.74) is 0.725. The van der Waals surface area contributed by atoms with E-state index in [1.165, 1.54) is 4.68 Å². The fraction of sp³-hybridized carbons (Fsp3) is 0.636. The van der Waals surface area contributed by atoms with Crippen molar-refractivity contribution in [2.24, 2.45) is 7.05 Å². The average molecular weight is 241 g/mol. The molecule has 1 aromatic rings. The Morgan fingerprint density at radius 1 is 1.65 bits per heavy atom. The number of nitrogens with zero attached hydrogens (tertiary/aromatic N) is 2. The molecule has 0 radical (unpaired) electrons. The van der Waals surface area contributed by atoms with Crippen molar-refractivity contribution >= 4 is 11.8 Å². The van der Waals surface area contributed by atoms with Gasteiger partial charge in [0.05, 0.1) is 11.8 Å². The molecule has 1 unspecified atom stereocenters. The van der Waals surface area contributed by atoms with Gasteiger partial charge in [-0.25, -0.2) is 4.79 Å². The summed E-state index contributed by atoms with van der Waals surface area (Å²) in [6, 6.07) is 0. The maximum atomic E-state index is 11.1. The molecule has 1 heterocycles. The molecule has 1 atom stereocenters. The van der Waals surface area contributed by atoms with Gasteiger partial charge in [0.2, 0.25) is 0 Å². The molecule has 6 nitrogen and oxygen atoms in total. The summed E-state index contributed by atoms with van der Waals surface area (Å²) >= 11 is 0. The summed E-state index contributed by atoms with van der Waals surface area (Å²) in [6.07, 6.45) is 0.0249. The first-order chi connectivity index (χ1) is 7.97. The maximum Gasteiger partial charge on any atom is 0.341 e. The molecule has 1 rings (SSSR count). The predicted octanol–water partition coefficient (Wildman–Crippen LogP) is 1.26. The number of ether oxygens (including phenoxy) is 1. The fourth-order valence-electron chi connectivity index (χ4n) is 1.70. The number of carboxylic acids is 1. The highest BCUT2D eigenvalue weighted by Crippen LogP contribution is 2.18. The number of aromatic nitrogens is 2. The minimum Gasteiger partial charge on any atom is -0.477 e. The number of anilines is 1. The third kappa shape index (κ3) is 3.20. The smallest absolute Gasteiger partial charge is 0.341 e. The summed E-state index contributed by atoms with van der Waals surface area (Å²) in [6.45, 7) is 6.72. The molecule has 0 aromatic carbocycles. The van der Waals surface area contributed by atoms with E-state index in [-0.39, 0.29) is 11.7 Å². The van der Waals surface area contributed by atoms with E-state index in [1.54, 1.807) is 14.0 Å². The van der Waals surface area contributed by atoms with Crippen molar-refractivity contribution in [2.45, 2.75) is 26.9 Å². The van der Waals surface area contributed by atoms with Gasteiger partial charge in [-0.05, 0) is 20.8 Å². The first kappa shape index (κ1) is 13.5. The Kier molecular flexibility index (Phi) is 4.51. The summed E-state index contributed by atoms with van der Waals surface area (Å²) in [5, 5.41) is 16.3. The Labute approximate surface area is 101 Å². The van der Waals surface area contributed by atoms with Gasteiger partial charge in [-0.3, -0.25) is 4.68 Å². The molecule has 0 saturated carbocycles. The van der Waals surface area contributed by atoms with Gasteiger partial charge in [-0.2, -0.15) is 5.10 Å². The Morgan fingerprint density at radius 2 is 2.29 bits per heavy atom. The van der Waals surface area contributed by atoms with Crippen LogP contribution in [0.25, 0.3) is 0 Å². The molecular formula is C11H19N3O3. The van der Waals surface area contributed by atoms with E-state index in [0.717, 1.165) is 0 Å². The number of carboxylic acid groups (broad SMARTS) is 1. The first-order valence-corrected chi connectivity index (χ1v) is 5.59. The van der Waals surface area contributed by atoms with Crippen LogP contribution in [0.15, 0.2) is 0 Å². The lowest BCUT2D eigenvalue weighted by Gasteiger charge is -2.14. The van der Waals surface area contributed by atoms with Crippen molar-refractivity contribution in [3.63, 3.8) is 0 Å². The molecule has 6 heteroatoms. The molecule has 0 aliphatic heterocycles. The van der Waals surface area contributed by atoms with Gasteiger partial charge in [0.15, 0.2) is 0 Å². The van der Waals surface area contributed by atoms with Gasteiger partial charge in [-0.15, -0.1) is 0 Å². The predicted molar refractivity (Wildman–Crippen MR) is 64.5 cm³/mol. The van der Waals surface area contributed by atoms with E-state index in [4.69, 9.17) is 9.84 Å². The molecule has 0 fully saturated rings. The summed E-state index contributed by atoms with van der Waals surface area (Å²) in [4.78, 5) is 11.1. The van der Waals surface area contributed by atoms with E-state index in [2.05, 4.69) is 10.4 Å². The zero-order valence-corrected chi connectivity index (χ0v) is 10.6. The average Bonchev–Trinajstić information content (AvgIpc) is 2.50. The van der Waals surface area contributed by atoms with Crippen LogP contribution in [0.1, 0.15) is 29.9 Å². The molecule has 0 spiro atoms. The monoisotopic (exact) mass is 241 g/mol. The number of carbonyl (C=O) groups is 1. The summed E-state index contributed by atoms with van der Waals surface area (Å²) in [5.74, 6) is -0.455. The number of rotatable bonds is 6. The molecule has 1 aromatic heterocycles. The Hall–Kier alpha value is -1.56. The van der Waals surface area contributed by atoms with Crippen LogP contribution in [0, 0.1) is 6.92 Å². The minimum atomic E-state index is -0.970. The second kappa shape index (κ2) is 5.67. The van der Waals surface area contributed by atoms with Crippen molar-refractivity contribution in [1.29, 1.82) is 0 Å². The molecule has 17 heavy (non-hydrogen) atoms.